The Hall–Kier alpha value is -2.37. The predicted molar refractivity (Wildman–Crippen MR) is 97.6 cm³/mol. The van der Waals surface area contributed by atoms with Crippen LogP contribution in [-0.2, 0) is 11.3 Å². The minimum atomic E-state index is 0.0243. The Morgan fingerprint density at radius 2 is 1.54 bits per heavy atom. The van der Waals surface area contributed by atoms with Crippen molar-refractivity contribution in [1.29, 1.82) is 0 Å². The summed E-state index contributed by atoms with van der Waals surface area (Å²) >= 11 is 0. The number of piperazine rings is 1. The molecule has 1 amide bonds. The van der Waals surface area contributed by atoms with E-state index < -0.39 is 0 Å². The summed E-state index contributed by atoms with van der Waals surface area (Å²) in [6.45, 7) is 5.23. The molecule has 0 bridgehead atoms. The normalized spacial score (nSPS) is 16.0. The molecule has 0 radical (unpaired) electrons. The van der Waals surface area contributed by atoms with Gasteiger partial charge in [0.05, 0.1) is 6.54 Å². The second-order valence-electron chi connectivity index (χ2n) is 6.21. The Morgan fingerprint density at radius 3 is 2.21 bits per heavy atom. The van der Waals surface area contributed by atoms with Crippen molar-refractivity contribution in [2.75, 3.05) is 43.8 Å². The van der Waals surface area contributed by atoms with Gasteiger partial charge in [0, 0.05) is 44.1 Å². The van der Waals surface area contributed by atoms with Gasteiger partial charge in [-0.15, -0.1) is 0 Å². The van der Waals surface area contributed by atoms with Crippen LogP contribution in [0.25, 0.3) is 0 Å². The Morgan fingerprint density at radius 1 is 0.917 bits per heavy atom. The molecule has 3 rings (SSSR count). The summed E-state index contributed by atoms with van der Waals surface area (Å²) in [5.74, 6) is 0.0243. The third kappa shape index (κ3) is 4.81. The van der Waals surface area contributed by atoms with Crippen molar-refractivity contribution in [1.82, 2.24) is 9.80 Å². The molecule has 0 atom stereocenters. The number of carbonyl (C=O) groups excluding carboxylic acids is 1. The predicted octanol–water partition coefficient (Wildman–Crippen LogP) is 2.03. The summed E-state index contributed by atoms with van der Waals surface area (Å²) in [7, 11) is 0. The molecule has 2 aromatic rings. The molecule has 1 saturated heterocycles. The van der Waals surface area contributed by atoms with E-state index >= 15 is 0 Å². The number of hydrogen-bond acceptors (Lipinski definition) is 4. The number of nitrogen functional groups attached to an aromatic ring is 1. The number of benzene rings is 2. The fraction of sp³-hybridized carbons (Fsp3) is 0.316. The van der Waals surface area contributed by atoms with Crippen LogP contribution in [0.2, 0.25) is 0 Å². The van der Waals surface area contributed by atoms with Gasteiger partial charge in [-0.05, 0) is 29.8 Å². The topological polar surface area (TPSA) is 61.6 Å². The van der Waals surface area contributed by atoms with E-state index in [1.807, 2.05) is 18.2 Å². The first kappa shape index (κ1) is 16.5. The zero-order valence-corrected chi connectivity index (χ0v) is 13.8. The van der Waals surface area contributed by atoms with Gasteiger partial charge in [0.25, 0.3) is 0 Å². The first-order valence-corrected chi connectivity index (χ1v) is 8.33. The quantitative estimate of drug-likeness (QED) is 0.826. The zero-order valence-electron chi connectivity index (χ0n) is 13.8. The lowest BCUT2D eigenvalue weighted by Gasteiger charge is -2.34. The maximum absolute atomic E-state index is 12.1. The summed E-state index contributed by atoms with van der Waals surface area (Å²) in [5.41, 5.74) is 8.47. The Bertz CT molecular complexity index is 649. The van der Waals surface area contributed by atoms with Crippen LogP contribution in [0.5, 0.6) is 0 Å². The fourth-order valence-corrected chi connectivity index (χ4v) is 2.92. The molecule has 24 heavy (non-hydrogen) atoms. The van der Waals surface area contributed by atoms with Crippen molar-refractivity contribution < 1.29 is 4.79 Å². The van der Waals surface area contributed by atoms with Gasteiger partial charge in [0.15, 0.2) is 0 Å². The third-order valence-electron chi connectivity index (χ3n) is 4.28. The lowest BCUT2D eigenvalue weighted by molar-refractivity contribution is -0.117. The molecule has 0 aliphatic carbocycles. The van der Waals surface area contributed by atoms with Crippen molar-refractivity contribution in [3.05, 3.63) is 60.2 Å². The van der Waals surface area contributed by atoms with Crippen LogP contribution in [0.1, 0.15) is 5.56 Å². The highest BCUT2D eigenvalue weighted by Gasteiger charge is 2.19. The summed E-state index contributed by atoms with van der Waals surface area (Å²) in [4.78, 5) is 16.8. The first-order valence-electron chi connectivity index (χ1n) is 8.33. The number of nitrogens with zero attached hydrogens (tertiary/aromatic N) is 2. The van der Waals surface area contributed by atoms with Gasteiger partial charge >= 0.3 is 0 Å². The molecule has 1 aliphatic rings. The van der Waals surface area contributed by atoms with E-state index in [0.29, 0.717) is 12.2 Å². The van der Waals surface area contributed by atoms with E-state index in [1.165, 1.54) is 5.56 Å². The van der Waals surface area contributed by atoms with Crippen LogP contribution >= 0.6 is 0 Å². The molecule has 1 aliphatic heterocycles. The monoisotopic (exact) mass is 324 g/mol. The second kappa shape index (κ2) is 7.95. The Balaban J connectivity index is 1.41. The maximum Gasteiger partial charge on any atom is 0.238 e. The highest BCUT2D eigenvalue weighted by Crippen LogP contribution is 2.11. The lowest BCUT2D eigenvalue weighted by Crippen LogP contribution is -2.48. The Kier molecular flexibility index (Phi) is 5.46. The van der Waals surface area contributed by atoms with Gasteiger partial charge in [-0.3, -0.25) is 14.6 Å². The largest absolute Gasteiger partial charge is 0.399 e. The average Bonchev–Trinajstić information content (AvgIpc) is 2.60. The highest BCUT2D eigenvalue weighted by atomic mass is 16.2. The standard InChI is InChI=1S/C19H24N4O/c20-17-6-8-18(9-7-17)21-19(24)15-23-12-10-22(11-13-23)14-16-4-2-1-3-5-16/h1-9H,10-15,20H2,(H,21,24). The SMILES string of the molecule is Nc1ccc(NC(=O)CN2CCN(Cc3ccccc3)CC2)cc1. The van der Waals surface area contributed by atoms with E-state index in [1.54, 1.807) is 12.1 Å². The van der Waals surface area contributed by atoms with Crippen molar-refractivity contribution in [3.63, 3.8) is 0 Å². The van der Waals surface area contributed by atoms with Crippen molar-refractivity contribution >= 4 is 17.3 Å². The molecule has 3 N–H and O–H groups in total. The van der Waals surface area contributed by atoms with E-state index in [0.717, 1.165) is 38.4 Å². The summed E-state index contributed by atoms with van der Waals surface area (Å²) in [6, 6.07) is 17.7. The maximum atomic E-state index is 12.1. The minimum Gasteiger partial charge on any atom is -0.399 e. The molecule has 126 valence electrons. The van der Waals surface area contributed by atoms with Crippen LogP contribution in [0.4, 0.5) is 11.4 Å². The van der Waals surface area contributed by atoms with E-state index in [4.69, 9.17) is 5.73 Å². The number of amides is 1. The molecular formula is C19H24N4O. The highest BCUT2D eigenvalue weighted by molar-refractivity contribution is 5.92. The molecule has 5 heteroatoms. The first-order chi connectivity index (χ1) is 11.7. The lowest BCUT2D eigenvalue weighted by atomic mass is 10.2. The number of nitrogens with one attached hydrogen (secondary N) is 1. The minimum absolute atomic E-state index is 0.0243. The molecule has 5 nitrogen and oxygen atoms in total. The van der Waals surface area contributed by atoms with Gasteiger partial charge in [-0.25, -0.2) is 0 Å². The van der Waals surface area contributed by atoms with Crippen LogP contribution < -0.4 is 11.1 Å². The smallest absolute Gasteiger partial charge is 0.238 e. The molecule has 0 unspecified atom stereocenters. The van der Waals surface area contributed by atoms with E-state index in [-0.39, 0.29) is 5.91 Å². The third-order valence-corrected chi connectivity index (χ3v) is 4.28. The van der Waals surface area contributed by atoms with Crippen LogP contribution in [0.3, 0.4) is 0 Å². The molecule has 1 heterocycles. The van der Waals surface area contributed by atoms with Crippen LogP contribution in [-0.4, -0.2) is 48.4 Å². The fourth-order valence-electron chi connectivity index (χ4n) is 2.92. The summed E-state index contributed by atoms with van der Waals surface area (Å²) in [6.07, 6.45) is 0. The number of carbonyl (C=O) groups is 1. The number of rotatable bonds is 5. The molecule has 0 aromatic heterocycles. The van der Waals surface area contributed by atoms with Gasteiger partial charge < -0.3 is 11.1 Å². The van der Waals surface area contributed by atoms with Crippen LogP contribution in [0.15, 0.2) is 54.6 Å². The number of hydrogen-bond donors (Lipinski definition) is 2. The van der Waals surface area contributed by atoms with Crippen molar-refractivity contribution in [2.45, 2.75) is 6.54 Å². The van der Waals surface area contributed by atoms with Gasteiger partial charge in [0.2, 0.25) is 5.91 Å². The second-order valence-corrected chi connectivity index (χ2v) is 6.21. The zero-order chi connectivity index (χ0) is 16.8. The Labute approximate surface area is 143 Å². The number of nitrogens with two attached hydrogens (primary N) is 1. The summed E-state index contributed by atoms with van der Waals surface area (Å²) < 4.78 is 0. The molecule has 0 spiro atoms. The van der Waals surface area contributed by atoms with Crippen molar-refractivity contribution in [2.24, 2.45) is 0 Å². The molecule has 1 fully saturated rings. The molecule has 2 aromatic carbocycles. The van der Waals surface area contributed by atoms with Gasteiger partial charge in [-0.2, -0.15) is 0 Å². The average molecular weight is 324 g/mol. The van der Waals surface area contributed by atoms with E-state index in [9.17, 15) is 4.79 Å². The van der Waals surface area contributed by atoms with E-state index in [2.05, 4.69) is 39.4 Å². The van der Waals surface area contributed by atoms with Gasteiger partial charge in [0.1, 0.15) is 0 Å². The van der Waals surface area contributed by atoms with Crippen LogP contribution in [0, 0.1) is 0 Å². The molecule has 0 saturated carbocycles. The number of anilines is 2. The molecular weight excluding hydrogens is 300 g/mol. The summed E-state index contributed by atoms with van der Waals surface area (Å²) in [5, 5.41) is 2.92. The van der Waals surface area contributed by atoms with Gasteiger partial charge in [-0.1, -0.05) is 30.3 Å². The van der Waals surface area contributed by atoms with Crippen molar-refractivity contribution in [3.8, 4) is 0 Å².